The molecule has 0 bridgehead atoms. The first-order valence-corrected chi connectivity index (χ1v) is 9.82. The van der Waals surface area contributed by atoms with Crippen LogP contribution in [0.25, 0.3) is 0 Å². The van der Waals surface area contributed by atoms with Crippen molar-refractivity contribution in [3.05, 3.63) is 46.8 Å². The standard InChI is InChI=1S/C21H30N4O2.HI/c1-4-22-21(23-12-11-19-15(2)25-27-16(19)3)24-13-18-7-5-6-8-20(18)26-14-17-9-10-17;/h5-8,17H,4,9-14H2,1-3H3,(H2,22,23,24);1H. The predicted octanol–water partition coefficient (Wildman–Crippen LogP) is 4.00. The van der Waals surface area contributed by atoms with Crippen molar-refractivity contribution in [2.75, 3.05) is 19.7 Å². The van der Waals surface area contributed by atoms with Crippen molar-refractivity contribution in [3.63, 3.8) is 0 Å². The van der Waals surface area contributed by atoms with Gasteiger partial charge in [0.25, 0.3) is 0 Å². The van der Waals surface area contributed by atoms with E-state index in [-0.39, 0.29) is 24.0 Å². The van der Waals surface area contributed by atoms with Crippen molar-refractivity contribution < 1.29 is 9.26 Å². The highest BCUT2D eigenvalue weighted by molar-refractivity contribution is 14.0. The monoisotopic (exact) mass is 498 g/mol. The van der Waals surface area contributed by atoms with E-state index in [1.54, 1.807) is 0 Å². The minimum Gasteiger partial charge on any atom is -0.493 e. The molecule has 1 fully saturated rings. The summed E-state index contributed by atoms with van der Waals surface area (Å²) in [7, 11) is 0. The molecule has 1 aliphatic carbocycles. The van der Waals surface area contributed by atoms with Crippen LogP contribution in [0, 0.1) is 19.8 Å². The number of nitrogens with one attached hydrogen (secondary N) is 2. The van der Waals surface area contributed by atoms with Crippen molar-refractivity contribution in [1.29, 1.82) is 0 Å². The fraction of sp³-hybridized carbons (Fsp3) is 0.524. The van der Waals surface area contributed by atoms with E-state index in [2.05, 4.69) is 28.8 Å². The van der Waals surface area contributed by atoms with Crippen LogP contribution in [-0.2, 0) is 13.0 Å². The van der Waals surface area contributed by atoms with E-state index in [0.29, 0.717) is 6.54 Å². The fourth-order valence-electron chi connectivity index (χ4n) is 2.94. The second kappa shape index (κ2) is 11.3. The van der Waals surface area contributed by atoms with Crippen LogP contribution >= 0.6 is 24.0 Å². The molecule has 1 saturated carbocycles. The van der Waals surface area contributed by atoms with Crippen LogP contribution in [0.1, 0.15) is 42.3 Å². The minimum absolute atomic E-state index is 0. The van der Waals surface area contributed by atoms with Gasteiger partial charge >= 0.3 is 0 Å². The van der Waals surface area contributed by atoms with E-state index in [1.165, 1.54) is 12.8 Å². The van der Waals surface area contributed by atoms with Gasteiger partial charge in [0.15, 0.2) is 5.96 Å². The lowest BCUT2D eigenvalue weighted by Gasteiger charge is -2.13. The number of aryl methyl sites for hydroxylation is 2. The van der Waals surface area contributed by atoms with E-state index < -0.39 is 0 Å². The molecule has 0 amide bonds. The zero-order valence-corrected chi connectivity index (χ0v) is 19.3. The molecule has 0 saturated heterocycles. The van der Waals surface area contributed by atoms with Gasteiger partial charge in [-0.15, -0.1) is 24.0 Å². The molecule has 2 aromatic rings. The van der Waals surface area contributed by atoms with Gasteiger partial charge in [-0.3, -0.25) is 0 Å². The molecule has 1 aromatic carbocycles. The fourth-order valence-corrected chi connectivity index (χ4v) is 2.94. The molecule has 1 aliphatic rings. The Morgan fingerprint density at radius 1 is 1.25 bits per heavy atom. The van der Waals surface area contributed by atoms with Gasteiger partial charge in [0.05, 0.1) is 18.8 Å². The number of aromatic nitrogens is 1. The molecule has 6 nitrogen and oxygen atoms in total. The maximum absolute atomic E-state index is 5.98. The lowest BCUT2D eigenvalue weighted by Crippen LogP contribution is -2.38. The van der Waals surface area contributed by atoms with Crippen LogP contribution in [0.2, 0.25) is 0 Å². The van der Waals surface area contributed by atoms with E-state index in [1.807, 2.05) is 32.0 Å². The number of ether oxygens (including phenoxy) is 1. The number of hydrogen-bond acceptors (Lipinski definition) is 4. The van der Waals surface area contributed by atoms with Gasteiger partial charge in [-0.2, -0.15) is 0 Å². The highest BCUT2D eigenvalue weighted by Crippen LogP contribution is 2.30. The molecule has 2 N–H and O–H groups in total. The van der Waals surface area contributed by atoms with Crippen molar-refractivity contribution >= 4 is 29.9 Å². The molecular formula is C21H31IN4O2. The summed E-state index contributed by atoms with van der Waals surface area (Å²) in [4.78, 5) is 4.73. The van der Waals surface area contributed by atoms with Gasteiger partial charge in [0.2, 0.25) is 0 Å². The number of nitrogens with zero attached hydrogens (tertiary/aromatic N) is 2. The maximum atomic E-state index is 5.98. The highest BCUT2D eigenvalue weighted by atomic mass is 127. The highest BCUT2D eigenvalue weighted by Gasteiger charge is 2.22. The van der Waals surface area contributed by atoms with Crippen molar-refractivity contribution in [2.24, 2.45) is 10.9 Å². The van der Waals surface area contributed by atoms with E-state index in [0.717, 1.165) is 66.3 Å². The minimum atomic E-state index is 0. The summed E-state index contributed by atoms with van der Waals surface area (Å²) < 4.78 is 11.2. The molecule has 0 spiro atoms. The van der Waals surface area contributed by atoms with Crippen LogP contribution in [-0.4, -0.2) is 30.8 Å². The van der Waals surface area contributed by atoms with E-state index in [9.17, 15) is 0 Å². The van der Waals surface area contributed by atoms with Crippen LogP contribution in [0.5, 0.6) is 5.75 Å². The first-order chi connectivity index (χ1) is 13.2. The molecule has 0 unspecified atom stereocenters. The molecule has 3 rings (SSSR count). The van der Waals surface area contributed by atoms with Crippen molar-refractivity contribution in [1.82, 2.24) is 15.8 Å². The van der Waals surface area contributed by atoms with Gasteiger partial charge in [-0.05, 0) is 52.0 Å². The molecule has 1 aromatic heterocycles. The third kappa shape index (κ3) is 6.68. The maximum Gasteiger partial charge on any atom is 0.191 e. The Labute approximate surface area is 184 Å². The number of guanidine groups is 1. The number of benzene rings is 1. The zero-order chi connectivity index (χ0) is 19.1. The average Bonchev–Trinajstić information content (AvgIpc) is 3.45. The lowest BCUT2D eigenvalue weighted by atomic mass is 10.1. The summed E-state index contributed by atoms with van der Waals surface area (Å²) in [6.45, 7) is 8.98. The quantitative estimate of drug-likeness (QED) is 0.311. The smallest absolute Gasteiger partial charge is 0.191 e. The number of hydrogen-bond donors (Lipinski definition) is 2. The zero-order valence-electron chi connectivity index (χ0n) is 17.0. The second-order valence-electron chi connectivity index (χ2n) is 7.04. The Hall–Kier alpha value is -1.77. The molecule has 1 heterocycles. The summed E-state index contributed by atoms with van der Waals surface area (Å²) in [6.07, 6.45) is 3.44. The SMILES string of the molecule is CCNC(=NCc1ccccc1OCC1CC1)NCCc1c(C)noc1C.I. The molecular weight excluding hydrogens is 467 g/mol. The summed E-state index contributed by atoms with van der Waals surface area (Å²) in [6, 6.07) is 8.17. The second-order valence-corrected chi connectivity index (χ2v) is 7.04. The molecule has 0 radical (unpaired) electrons. The molecule has 7 heteroatoms. The van der Waals surface area contributed by atoms with Crippen molar-refractivity contribution in [2.45, 2.75) is 46.6 Å². The van der Waals surface area contributed by atoms with Crippen LogP contribution in [0.15, 0.2) is 33.8 Å². The number of halogens is 1. The van der Waals surface area contributed by atoms with Gasteiger partial charge in [-0.1, -0.05) is 23.4 Å². The Balaban J connectivity index is 0.00000280. The molecule has 154 valence electrons. The number of para-hydroxylation sites is 1. The Morgan fingerprint density at radius 2 is 2.04 bits per heavy atom. The number of aliphatic imine (C=N–C) groups is 1. The van der Waals surface area contributed by atoms with Crippen LogP contribution in [0.4, 0.5) is 0 Å². The third-order valence-electron chi connectivity index (χ3n) is 4.74. The van der Waals surface area contributed by atoms with Gasteiger partial charge < -0.3 is 19.9 Å². The Kier molecular flexibility index (Phi) is 9.08. The Morgan fingerprint density at radius 3 is 2.71 bits per heavy atom. The summed E-state index contributed by atoms with van der Waals surface area (Å²) in [5, 5.41) is 10.7. The largest absolute Gasteiger partial charge is 0.493 e. The van der Waals surface area contributed by atoms with E-state index in [4.69, 9.17) is 14.3 Å². The average molecular weight is 498 g/mol. The van der Waals surface area contributed by atoms with Gasteiger partial charge in [-0.25, -0.2) is 4.99 Å². The lowest BCUT2D eigenvalue weighted by molar-refractivity contribution is 0.297. The van der Waals surface area contributed by atoms with E-state index >= 15 is 0 Å². The summed E-state index contributed by atoms with van der Waals surface area (Å²) >= 11 is 0. The Bertz CT molecular complexity index is 752. The third-order valence-corrected chi connectivity index (χ3v) is 4.74. The first-order valence-electron chi connectivity index (χ1n) is 9.82. The van der Waals surface area contributed by atoms with Crippen LogP contribution in [0.3, 0.4) is 0 Å². The molecule has 0 aliphatic heterocycles. The first kappa shape index (κ1) is 22.5. The van der Waals surface area contributed by atoms with Crippen molar-refractivity contribution in [3.8, 4) is 5.75 Å². The summed E-state index contributed by atoms with van der Waals surface area (Å²) in [5.41, 5.74) is 3.23. The predicted molar refractivity (Wildman–Crippen MR) is 123 cm³/mol. The van der Waals surface area contributed by atoms with Gasteiger partial charge in [0, 0.05) is 24.2 Å². The summed E-state index contributed by atoms with van der Waals surface area (Å²) in [5.74, 6) is 3.38. The topological polar surface area (TPSA) is 71.7 Å². The molecule has 0 atom stereocenters. The van der Waals surface area contributed by atoms with Crippen LogP contribution < -0.4 is 15.4 Å². The number of rotatable bonds is 9. The van der Waals surface area contributed by atoms with Gasteiger partial charge in [0.1, 0.15) is 11.5 Å². The normalized spacial score (nSPS) is 13.8. The molecule has 28 heavy (non-hydrogen) atoms.